The van der Waals surface area contributed by atoms with E-state index in [1.165, 1.54) is 10.4 Å². The van der Waals surface area contributed by atoms with E-state index in [2.05, 4.69) is 12.2 Å². The predicted octanol–water partition coefficient (Wildman–Crippen LogP) is 2.18. The van der Waals surface area contributed by atoms with E-state index in [0.717, 1.165) is 24.8 Å². The highest BCUT2D eigenvalue weighted by Gasteiger charge is 2.40. The normalized spacial score (nSPS) is 30.9. The van der Waals surface area contributed by atoms with Crippen LogP contribution in [0.5, 0.6) is 0 Å². The molecule has 1 aliphatic heterocycles. The highest BCUT2D eigenvalue weighted by molar-refractivity contribution is 7.91. The van der Waals surface area contributed by atoms with Gasteiger partial charge in [0.25, 0.3) is 5.91 Å². The van der Waals surface area contributed by atoms with Gasteiger partial charge in [0.05, 0.1) is 22.6 Å². The SMILES string of the molecule is CC1CCc2c(C(=O)NC3(C)CCS(=O)(=O)C3)csc2C1. The van der Waals surface area contributed by atoms with Crippen molar-refractivity contribution < 1.29 is 13.2 Å². The van der Waals surface area contributed by atoms with Crippen molar-refractivity contribution in [1.82, 2.24) is 5.32 Å². The van der Waals surface area contributed by atoms with Crippen LogP contribution < -0.4 is 5.32 Å². The number of thiophene rings is 1. The summed E-state index contributed by atoms with van der Waals surface area (Å²) in [6, 6.07) is 0. The summed E-state index contributed by atoms with van der Waals surface area (Å²) in [5.41, 5.74) is 1.32. The van der Waals surface area contributed by atoms with Crippen LogP contribution in [0, 0.1) is 5.92 Å². The summed E-state index contributed by atoms with van der Waals surface area (Å²) < 4.78 is 23.3. The molecule has 2 heterocycles. The van der Waals surface area contributed by atoms with Gasteiger partial charge < -0.3 is 5.32 Å². The van der Waals surface area contributed by atoms with Gasteiger partial charge in [-0.3, -0.25) is 4.79 Å². The van der Waals surface area contributed by atoms with Gasteiger partial charge in [-0.15, -0.1) is 11.3 Å². The lowest BCUT2D eigenvalue weighted by Gasteiger charge is -2.25. The molecular formula is C15H21NO3S2. The van der Waals surface area contributed by atoms with Gasteiger partial charge in [0.15, 0.2) is 9.84 Å². The number of hydrogen-bond acceptors (Lipinski definition) is 4. The first kappa shape index (κ1) is 15.0. The molecule has 116 valence electrons. The van der Waals surface area contributed by atoms with Crippen LogP contribution in [-0.2, 0) is 22.7 Å². The number of fused-ring (bicyclic) bond motifs is 1. The Morgan fingerprint density at radius 3 is 2.90 bits per heavy atom. The molecule has 0 bridgehead atoms. The average Bonchev–Trinajstić information content (AvgIpc) is 2.89. The highest BCUT2D eigenvalue weighted by Crippen LogP contribution is 2.33. The smallest absolute Gasteiger partial charge is 0.252 e. The summed E-state index contributed by atoms with van der Waals surface area (Å²) in [5, 5.41) is 4.90. The Morgan fingerprint density at radius 1 is 1.48 bits per heavy atom. The number of amides is 1. The van der Waals surface area contributed by atoms with Crippen LogP contribution in [0.4, 0.5) is 0 Å². The summed E-state index contributed by atoms with van der Waals surface area (Å²) in [6.07, 6.45) is 3.64. The molecule has 1 aliphatic carbocycles. The largest absolute Gasteiger partial charge is 0.346 e. The monoisotopic (exact) mass is 327 g/mol. The maximum atomic E-state index is 12.5. The van der Waals surface area contributed by atoms with Gasteiger partial charge in [0.2, 0.25) is 0 Å². The predicted molar refractivity (Wildman–Crippen MR) is 84.7 cm³/mol. The summed E-state index contributed by atoms with van der Waals surface area (Å²) in [5.74, 6) is 0.796. The third-order valence-electron chi connectivity index (χ3n) is 4.56. The average molecular weight is 327 g/mol. The van der Waals surface area contributed by atoms with E-state index in [1.807, 2.05) is 12.3 Å². The molecule has 1 N–H and O–H groups in total. The minimum atomic E-state index is -3.01. The van der Waals surface area contributed by atoms with E-state index in [1.54, 1.807) is 11.3 Å². The van der Waals surface area contributed by atoms with E-state index in [9.17, 15) is 13.2 Å². The Balaban J connectivity index is 1.78. The standard InChI is InChI=1S/C15H21NO3S2/c1-10-3-4-11-12(8-20-13(11)7-10)14(17)16-15(2)5-6-21(18,19)9-15/h8,10H,3-7,9H2,1-2H3,(H,16,17). The van der Waals surface area contributed by atoms with Crippen LogP contribution in [0.2, 0.25) is 0 Å². The molecule has 1 amide bonds. The second-order valence-electron chi connectivity index (χ2n) is 6.76. The zero-order valence-corrected chi connectivity index (χ0v) is 14.1. The molecule has 2 unspecified atom stereocenters. The lowest BCUT2D eigenvalue weighted by molar-refractivity contribution is 0.0914. The molecule has 2 aliphatic rings. The van der Waals surface area contributed by atoms with Gasteiger partial charge in [-0.05, 0) is 44.1 Å². The minimum absolute atomic E-state index is 0.0507. The fraction of sp³-hybridized carbons (Fsp3) is 0.667. The Kier molecular flexibility index (Phi) is 3.64. The quantitative estimate of drug-likeness (QED) is 0.905. The molecule has 1 saturated heterocycles. The fourth-order valence-corrected chi connectivity index (χ4v) is 6.66. The molecule has 4 nitrogen and oxygen atoms in total. The number of carbonyl (C=O) groups excluding carboxylic acids is 1. The zero-order valence-electron chi connectivity index (χ0n) is 12.4. The molecular weight excluding hydrogens is 306 g/mol. The molecule has 2 atom stereocenters. The van der Waals surface area contributed by atoms with Crippen molar-refractivity contribution in [3.8, 4) is 0 Å². The molecule has 0 radical (unpaired) electrons. The van der Waals surface area contributed by atoms with Crippen molar-refractivity contribution in [2.24, 2.45) is 5.92 Å². The summed E-state index contributed by atoms with van der Waals surface area (Å²) in [6.45, 7) is 4.07. The maximum absolute atomic E-state index is 12.5. The van der Waals surface area contributed by atoms with Crippen LogP contribution in [0.3, 0.4) is 0 Å². The van der Waals surface area contributed by atoms with Crippen LogP contribution in [0.15, 0.2) is 5.38 Å². The topological polar surface area (TPSA) is 63.2 Å². The first-order chi connectivity index (χ1) is 9.78. The Morgan fingerprint density at radius 2 is 2.24 bits per heavy atom. The van der Waals surface area contributed by atoms with E-state index in [4.69, 9.17) is 0 Å². The van der Waals surface area contributed by atoms with Crippen LogP contribution in [-0.4, -0.2) is 31.4 Å². The number of nitrogens with one attached hydrogen (secondary N) is 1. The molecule has 0 spiro atoms. The van der Waals surface area contributed by atoms with Crippen molar-refractivity contribution >= 4 is 27.1 Å². The Bertz CT molecular complexity index is 677. The Hall–Kier alpha value is -0.880. The number of hydrogen-bond donors (Lipinski definition) is 1. The fourth-order valence-electron chi connectivity index (χ4n) is 3.32. The van der Waals surface area contributed by atoms with Crippen molar-refractivity contribution in [2.75, 3.05) is 11.5 Å². The lowest BCUT2D eigenvalue weighted by atomic mass is 9.88. The second kappa shape index (κ2) is 5.09. The number of carbonyl (C=O) groups is 1. The maximum Gasteiger partial charge on any atom is 0.252 e. The van der Waals surface area contributed by atoms with Gasteiger partial charge in [0.1, 0.15) is 0 Å². The molecule has 1 aromatic heterocycles. The van der Waals surface area contributed by atoms with E-state index < -0.39 is 15.4 Å². The van der Waals surface area contributed by atoms with Crippen molar-refractivity contribution in [3.05, 3.63) is 21.4 Å². The van der Waals surface area contributed by atoms with Gasteiger partial charge >= 0.3 is 0 Å². The van der Waals surface area contributed by atoms with Gasteiger partial charge in [-0.2, -0.15) is 0 Å². The molecule has 21 heavy (non-hydrogen) atoms. The summed E-state index contributed by atoms with van der Waals surface area (Å²) in [4.78, 5) is 13.9. The molecule has 3 rings (SSSR count). The summed E-state index contributed by atoms with van der Waals surface area (Å²) in [7, 11) is -3.01. The van der Waals surface area contributed by atoms with Crippen molar-refractivity contribution in [2.45, 2.75) is 45.1 Å². The minimum Gasteiger partial charge on any atom is -0.346 e. The molecule has 1 aromatic rings. The Labute approximate surface area is 129 Å². The van der Waals surface area contributed by atoms with Gasteiger partial charge in [-0.25, -0.2) is 8.42 Å². The van der Waals surface area contributed by atoms with Crippen LogP contribution >= 0.6 is 11.3 Å². The third-order valence-corrected chi connectivity index (χ3v) is 7.52. The van der Waals surface area contributed by atoms with Crippen molar-refractivity contribution in [3.63, 3.8) is 0 Å². The van der Waals surface area contributed by atoms with E-state index >= 15 is 0 Å². The van der Waals surface area contributed by atoms with Gasteiger partial charge in [-0.1, -0.05) is 6.92 Å². The molecule has 6 heteroatoms. The van der Waals surface area contributed by atoms with Gasteiger partial charge in [0, 0.05) is 10.3 Å². The summed E-state index contributed by atoms with van der Waals surface area (Å²) >= 11 is 1.66. The van der Waals surface area contributed by atoms with E-state index in [-0.39, 0.29) is 17.4 Å². The highest BCUT2D eigenvalue weighted by atomic mass is 32.2. The van der Waals surface area contributed by atoms with Crippen LogP contribution in [0.1, 0.15) is 47.5 Å². The second-order valence-corrected chi connectivity index (χ2v) is 9.90. The third kappa shape index (κ3) is 3.01. The zero-order chi connectivity index (χ0) is 15.3. The molecule has 1 fully saturated rings. The van der Waals surface area contributed by atoms with E-state index in [0.29, 0.717) is 12.3 Å². The number of rotatable bonds is 2. The molecule has 0 saturated carbocycles. The number of sulfone groups is 1. The first-order valence-corrected chi connectivity index (χ1v) is 10.1. The molecule has 0 aromatic carbocycles. The van der Waals surface area contributed by atoms with Crippen molar-refractivity contribution in [1.29, 1.82) is 0 Å². The van der Waals surface area contributed by atoms with Crippen LogP contribution in [0.25, 0.3) is 0 Å². The first-order valence-electron chi connectivity index (χ1n) is 7.40. The lowest BCUT2D eigenvalue weighted by Crippen LogP contribution is -2.47.